The molecule has 0 aromatic heterocycles. The molecule has 4 aromatic carbocycles. The summed E-state index contributed by atoms with van der Waals surface area (Å²) in [6.45, 7) is 0. The van der Waals surface area contributed by atoms with Crippen LogP contribution in [0.4, 0.5) is 5.69 Å². The van der Waals surface area contributed by atoms with Crippen molar-refractivity contribution >= 4 is 17.4 Å². The fraction of sp³-hybridized carbons (Fsp3) is 0.133. The number of benzene rings is 4. The van der Waals surface area contributed by atoms with Gasteiger partial charge in [0, 0.05) is 16.8 Å². The number of anilines is 1. The van der Waals surface area contributed by atoms with Crippen LogP contribution >= 0.6 is 0 Å². The van der Waals surface area contributed by atoms with E-state index in [1.807, 2.05) is 6.07 Å². The van der Waals surface area contributed by atoms with E-state index in [9.17, 15) is 9.59 Å². The lowest BCUT2D eigenvalue weighted by molar-refractivity contribution is 0.0896. The minimum atomic E-state index is -0.939. The minimum absolute atomic E-state index is 0.233. The Kier molecular flexibility index (Phi) is 7.66. The SMILES string of the molecule is COc1ccc(C(=O)C(c2ccc(OC)cc2)N(C(=O)c2ccccc2)c2ccc(OC)cc2)cc1. The van der Waals surface area contributed by atoms with Crippen molar-refractivity contribution in [3.8, 4) is 17.2 Å². The Morgan fingerprint density at radius 1 is 0.583 bits per heavy atom. The first kappa shape index (κ1) is 24.5. The first-order valence-electron chi connectivity index (χ1n) is 11.4. The number of amides is 1. The Hall–Kier alpha value is -4.58. The van der Waals surface area contributed by atoms with Crippen molar-refractivity contribution in [2.45, 2.75) is 6.04 Å². The zero-order valence-electron chi connectivity index (χ0n) is 20.4. The van der Waals surface area contributed by atoms with Crippen molar-refractivity contribution in [3.63, 3.8) is 0 Å². The molecule has 0 aliphatic carbocycles. The van der Waals surface area contributed by atoms with E-state index in [4.69, 9.17) is 14.2 Å². The van der Waals surface area contributed by atoms with Crippen LogP contribution in [-0.4, -0.2) is 33.0 Å². The molecule has 0 N–H and O–H groups in total. The summed E-state index contributed by atoms with van der Waals surface area (Å²) in [6, 6.07) is 29.1. The van der Waals surface area contributed by atoms with Crippen molar-refractivity contribution in [1.82, 2.24) is 0 Å². The topological polar surface area (TPSA) is 65.1 Å². The summed E-state index contributed by atoms with van der Waals surface area (Å²) in [5.74, 6) is 1.40. The van der Waals surface area contributed by atoms with E-state index in [0.717, 1.165) is 0 Å². The lowest BCUT2D eigenvalue weighted by atomic mass is 9.94. The third kappa shape index (κ3) is 5.23. The van der Waals surface area contributed by atoms with Crippen LogP contribution in [-0.2, 0) is 0 Å². The van der Waals surface area contributed by atoms with Crippen molar-refractivity contribution in [2.24, 2.45) is 0 Å². The molecule has 0 bridgehead atoms. The molecule has 1 amide bonds. The number of ketones is 1. The highest BCUT2D eigenvalue weighted by Crippen LogP contribution is 2.34. The van der Waals surface area contributed by atoms with Gasteiger partial charge in [0.2, 0.25) is 0 Å². The standard InChI is InChI=1S/C30H27NO5/c1-34-25-15-9-21(10-16-25)28(29(32)22-11-17-26(35-2)18-12-22)31(24-13-19-27(36-3)20-14-24)30(33)23-7-5-4-6-8-23/h4-20,28H,1-3H3. The normalized spacial score (nSPS) is 11.3. The van der Waals surface area contributed by atoms with Crippen LogP contribution < -0.4 is 19.1 Å². The monoisotopic (exact) mass is 481 g/mol. The molecule has 1 atom stereocenters. The summed E-state index contributed by atoms with van der Waals surface area (Å²) in [5, 5.41) is 0. The smallest absolute Gasteiger partial charge is 0.259 e. The fourth-order valence-corrected chi connectivity index (χ4v) is 3.96. The van der Waals surface area contributed by atoms with Gasteiger partial charge in [-0.1, -0.05) is 30.3 Å². The van der Waals surface area contributed by atoms with E-state index in [2.05, 4.69) is 0 Å². The largest absolute Gasteiger partial charge is 0.497 e. The summed E-state index contributed by atoms with van der Waals surface area (Å²) < 4.78 is 15.9. The van der Waals surface area contributed by atoms with Crippen molar-refractivity contribution in [2.75, 3.05) is 26.2 Å². The highest BCUT2D eigenvalue weighted by Gasteiger charge is 2.34. The van der Waals surface area contributed by atoms with Gasteiger partial charge < -0.3 is 14.2 Å². The molecule has 4 aromatic rings. The van der Waals surface area contributed by atoms with Crippen LogP contribution in [0.15, 0.2) is 103 Å². The summed E-state index contributed by atoms with van der Waals surface area (Å²) in [7, 11) is 4.73. The summed E-state index contributed by atoms with van der Waals surface area (Å²) >= 11 is 0. The van der Waals surface area contributed by atoms with E-state index in [-0.39, 0.29) is 11.7 Å². The van der Waals surface area contributed by atoms with Crippen molar-refractivity contribution in [1.29, 1.82) is 0 Å². The van der Waals surface area contributed by atoms with Gasteiger partial charge in [0.15, 0.2) is 5.78 Å². The van der Waals surface area contributed by atoms with Gasteiger partial charge in [-0.15, -0.1) is 0 Å². The minimum Gasteiger partial charge on any atom is -0.497 e. The second kappa shape index (κ2) is 11.2. The van der Waals surface area contributed by atoms with Gasteiger partial charge >= 0.3 is 0 Å². The molecule has 0 saturated carbocycles. The number of rotatable bonds is 9. The van der Waals surface area contributed by atoms with E-state index < -0.39 is 6.04 Å². The summed E-state index contributed by atoms with van der Waals surface area (Å²) in [5.41, 5.74) is 2.13. The second-order valence-corrected chi connectivity index (χ2v) is 8.01. The highest BCUT2D eigenvalue weighted by molar-refractivity contribution is 6.13. The molecule has 4 rings (SSSR count). The van der Waals surface area contributed by atoms with Crippen LogP contribution in [0.25, 0.3) is 0 Å². The Bertz CT molecular complexity index is 1300. The number of ether oxygens (including phenoxy) is 3. The van der Waals surface area contributed by atoms with Gasteiger partial charge in [-0.2, -0.15) is 0 Å². The number of carbonyl (C=O) groups excluding carboxylic acids is 2. The summed E-state index contributed by atoms with van der Waals surface area (Å²) in [6.07, 6.45) is 0. The van der Waals surface area contributed by atoms with Crippen LogP contribution in [0.2, 0.25) is 0 Å². The van der Waals surface area contributed by atoms with E-state index in [0.29, 0.717) is 39.6 Å². The molecule has 0 spiro atoms. The van der Waals surface area contributed by atoms with Crippen LogP contribution in [0.3, 0.4) is 0 Å². The Balaban J connectivity index is 1.89. The molecular formula is C30H27NO5. The zero-order chi connectivity index (χ0) is 25.5. The van der Waals surface area contributed by atoms with Gasteiger partial charge in [0.25, 0.3) is 5.91 Å². The van der Waals surface area contributed by atoms with Crippen molar-refractivity contribution < 1.29 is 23.8 Å². The molecular weight excluding hydrogens is 454 g/mol. The number of carbonyl (C=O) groups is 2. The number of nitrogens with zero attached hydrogens (tertiary/aromatic N) is 1. The zero-order valence-corrected chi connectivity index (χ0v) is 20.4. The lowest BCUT2D eigenvalue weighted by Gasteiger charge is -2.32. The molecule has 0 heterocycles. The average Bonchev–Trinajstić information content (AvgIpc) is 2.96. The lowest BCUT2D eigenvalue weighted by Crippen LogP contribution is -2.39. The Morgan fingerprint density at radius 3 is 1.56 bits per heavy atom. The third-order valence-electron chi connectivity index (χ3n) is 5.90. The van der Waals surface area contributed by atoms with Gasteiger partial charge in [-0.25, -0.2) is 0 Å². The molecule has 0 radical (unpaired) electrons. The summed E-state index contributed by atoms with van der Waals surface area (Å²) in [4.78, 5) is 29.6. The van der Waals surface area contributed by atoms with Gasteiger partial charge in [0.05, 0.1) is 21.3 Å². The molecule has 36 heavy (non-hydrogen) atoms. The second-order valence-electron chi connectivity index (χ2n) is 8.01. The molecule has 6 nitrogen and oxygen atoms in total. The van der Waals surface area contributed by atoms with Gasteiger partial charge in [0.1, 0.15) is 23.3 Å². The fourth-order valence-electron chi connectivity index (χ4n) is 3.96. The number of methoxy groups -OCH3 is 3. The van der Waals surface area contributed by atoms with Crippen LogP contribution in [0, 0.1) is 0 Å². The molecule has 182 valence electrons. The predicted molar refractivity (Wildman–Crippen MR) is 139 cm³/mol. The van der Waals surface area contributed by atoms with E-state index in [1.165, 1.54) is 4.90 Å². The average molecular weight is 482 g/mol. The van der Waals surface area contributed by atoms with Gasteiger partial charge in [-0.05, 0) is 78.4 Å². The maximum Gasteiger partial charge on any atom is 0.259 e. The predicted octanol–water partition coefficient (Wildman–Crippen LogP) is 5.98. The molecule has 1 unspecified atom stereocenters. The molecule has 0 aliphatic rings. The highest BCUT2D eigenvalue weighted by atomic mass is 16.5. The first-order chi connectivity index (χ1) is 17.5. The molecule has 0 aliphatic heterocycles. The molecule has 6 heteroatoms. The quantitative estimate of drug-likeness (QED) is 0.275. The van der Waals surface area contributed by atoms with E-state index in [1.54, 1.807) is 118 Å². The third-order valence-corrected chi connectivity index (χ3v) is 5.90. The first-order valence-corrected chi connectivity index (χ1v) is 11.4. The van der Waals surface area contributed by atoms with Crippen molar-refractivity contribution in [3.05, 3.63) is 120 Å². The number of Topliss-reactive ketones (excluding diaryl/α,β-unsaturated/α-hetero) is 1. The van der Waals surface area contributed by atoms with Gasteiger partial charge in [-0.3, -0.25) is 14.5 Å². The van der Waals surface area contributed by atoms with Crippen LogP contribution in [0.5, 0.6) is 17.2 Å². The Labute approximate surface area is 210 Å². The molecule has 0 fully saturated rings. The number of hydrogen-bond acceptors (Lipinski definition) is 5. The Morgan fingerprint density at radius 2 is 1.06 bits per heavy atom. The van der Waals surface area contributed by atoms with Crippen LogP contribution in [0.1, 0.15) is 32.3 Å². The maximum absolute atomic E-state index is 14.1. The number of hydrogen-bond donors (Lipinski definition) is 0. The maximum atomic E-state index is 14.1. The molecule has 0 saturated heterocycles. The van der Waals surface area contributed by atoms with E-state index >= 15 is 0 Å².